The molecule has 1 atom stereocenters. The number of anilines is 1. The number of carbonyl (C=O) groups is 1. The topological polar surface area (TPSA) is 129 Å². The summed E-state index contributed by atoms with van der Waals surface area (Å²) in [5.41, 5.74) is 1.18. The summed E-state index contributed by atoms with van der Waals surface area (Å²) in [6.45, 7) is 2.71. The molecule has 2 aromatic heterocycles. The molecular formula is C21H25N5O5S. The van der Waals surface area contributed by atoms with Crippen molar-refractivity contribution in [3.63, 3.8) is 0 Å². The van der Waals surface area contributed by atoms with Gasteiger partial charge in [0.1, 0.15) is 12.1 Å². The van der Waals surface area contributed by atoms with Gasteiger partial charge in [0, 0.05) is 31.9 Å². The molecule has 1 aliphatic rings. The van der Waals surface area contributed by atoms with Crippen LogP contribution in [0.3, 0.4) is 0 Å². The Morgan fingerprint density at radius 3 is 2.66 bits per heavy atom. The summed E-state index contributed by atoms with van der Waals surface area (Å²) in [6.07, 6.45) is 3.18. The molecule has 1 aromatic carbocycles. The molecule has 1 aliphatic heterocycles. The van der Waals surface area contributed by atoms with Crippen molar-refractivity contribution in [1.82, 2.24) is 18.8 Å². The zero-order valence-electron chi connectivity index (χ0n) is 17.6. The Morgan fingerprint density at radius 1 is 1.22 bits per heavy atom. The van der Waals surface area contributed by atoms with Gasteiger partial charge in [0.2, 0.25) is 0 Å². The molecule has 10 nitrogen and oxygen atoms in total. The molecule has 3 heterocycles. The lowest BCUT2D eigenvalue weighted by molar-refractivity contribution is 0.129. The van der Waals surface area contributed by atoms with E-state index in [9.17, 15) is 23.4 Å². The Morgan fingerprint density at radius 2 is 1.97 bits per heavy atom. The highest BCUT2D eigenvalue weighted by molar-refractivity contribution is 7.90. The predicted octanol–water partition coefficient (Wildman–Crippen LogP) is 1.92. The van der Waals surface area contributed by atoms with Gasteiger partial charge < -0.3 is 20.0 Å². The Balaban J connectivity index is 1.76. The fourth-order valence-corrected chi connectivity index (χ4v) is 5.41. The number of aryl methyl sites for hydroxylation is 1. The summed E-state index contributed by atoms with van der Waals surface area (Å²) in [5.74, 6) is 0.471. The molecule has 2 N–H and O–H groups in total. The number of benzene rings is 1. The number of likely N-dealkylation sites (tertiary alicyclic amines) is 1. The number of carboxylic acid groups (broad SMARTS) is 1. The van der Waals surface area contributed by atoms with E-state index in [4.69, 9.17) is 0 Å². The van der Waals surface area contributed by atoms with Gasteiger partial charge in [-0.2, -0.15) is 0 Å². The van der Waals surface area contributed by atoms with E-state index in [1.165, 1.54) is 17.4 Å². The second-order valence-electron chi connectivity index (χ2n) is 7.81. The molecule has 1 amide bonds. The molecule has 32 heavy (non-hydrogen) atoms. The zero-order valence-corrected chi connectivity index (χ0v) is 18.4. The summed E-state index contributed by atoms with van der Waals surface area (Å²) in [7, 11) is -3.87. The van der Waals surface area contributed by atoms with E-state index in [1.54, 1.807) is 30.3 Å². The summed E-state index contributed by atoms with van der Waals surface area (Å²) in [5, 5.41) is 19.6. The number of hydrogen-bond acceptors (Lipinski definition) is 7. The Bertz CT molecular complexity index is 1230. The van der Waals surface area contributed by atoms with Crippen molar-refractivity contribution in [2.45, 2.75) is 30.7 Å². The van der Waals surface area contributed by atoms with Crippen LogP contribution in [0.5, 0.6) is 0 Å². The molecule has 170 valence electrons. The van der Waals surface area contributed by atoms with Gasteiger partial charge in [-0.3, -0.25) is 0 Å². The number of aliphatic hydroxyl groups excluding tert-OH is 1. The van der Waals surface area contributed by atoms with Crippen LogP contribution in [-0.2, 0) is 10.0 Å². The van der Waals surface area contributed by atoms with Crippen LogP contribution in [0.15, 0.2) is 47.8 Å². The number of fused-ring (bicyclic) bond motifs is 1. The van der Waals surface area contributed by atoms with Crippen LogP contribution >= 0.6 is 0 Å². The standard InChI is InChI=1S/C21H25N5O5S/c1-15-4-6-17(7-5-15)32(30,31)26-10-8-18-19(22-14-23-20(18)26)25(11-12-27)16-3-2-9-24(13-16)21(28)29/h4-8,10,14,16,27H,2-3,9,11-13H2,1H3,(H,28,29). The Hall–Kier alpha value is -3.18. The van der Waals surface area contributed by atoms with E-state index in [1.807, 2.05) is 11.8 Å². The highest BCUT2D eigenvalue weighted by Crippen LogP contribution is 2.30. The van der Waals surface area contributed by atoms with Crippen molar-refractivity contribution in [1.29, 1.82) is 0 Å². The number of amides is 1. The van der Waals surface area contributed by atoms with Crippen molar-refractivity contribution >= 4 is 33.0 Å². The predicted molar refractivity (Wildman–Crippen MR) is 118 cm³/mol. The van der Waals surface area contributed by atoms with E-state index in [0.29, 0.717) is 24.2 Å². The van der Waals surface area contributed by atoms with E-state index < -0.39 is 16.1 Å². The smallest absolute Gasteiger partial charge is 0.407 e. The average molecular weight is 460 g/mol. The molecule has 11 heteroatoms. The summed E-state index contributed by atoms with van der Waals surface area (Å²) in [6, 6.07) is 8.03. The lowest BCUT2D eigenvalue weighted by atomic mass is 10.0. The lowest BCUT2D eigenvalue weighted by Gasteiger charge is -2.38. The van der Waals surface area contributed by atoms with Crippen molar-refractivity contribution in [2.24, 2.45) is 0 Å². The number of aliphatic hydroxyl groups is 1. The molecule has 1 saturated heterocycles. The van der Waals surface area contributed by atoms with Gasteiger partial charge >= 0.3 is 6.09 Å². The molecule has 0 radical (unpaired) electrons. The first-order chi connectivity index (χ1) is 15.3. The highest BCUT2D eigenvalue weighted by Gasteiger charge is 2.30. The van der Waals surface area contributed by atoms with E-state index in [0.717, 1.165) is 16.0 Å². The maximum Gasteiger partial charge on any atom is 0.407 e. The van der Waals surface area contributed by atoms with Crippen LogP contribution in [0.4, 0.5) is 10.6 Å². The fraction of sp³-hybridized carbons (Fsp3) is 0.381. The van der Waals surface area contributed by atoms with Crippen LogP contribution in [0.25, 0.3) is 11.0 Å². The number of piperidine rings is 1. The van der Waals surface area contributed by atoms with Crippen LogP contribution in [0.1, 0.15) is 18.4 Å². The maximum absolute atomic E-state index is 13.2. The molecule has 1 fully saturated rings. The number of aromatic nitrogens is 3. The third-order valence-electron chi connectivity index (χ3n) is 5.73. The molecule has 0 saturated carbocycles. The van der Waals surface area contributed by atoms with Crippen molar-refractivity contribution in [2.75, 3.05) is 31.1 Å². The van der Waals surface area contributed by atoms with Gasteiger partial charge in [0.15, 0.2) is 5.65 Å². The molecule has 0 spiro atoms. The van der Waals surface area contributed by atoms with Gasteiger partial charge in [-0.15, -0.1) is 0 Å². The third kappa shape index (κ3) is 4.00. The van der Waals surface area contributed by atoms with E-state index in [-0.39, 0.29) is 36.3 Å². The first-order valence-electron chi connectivity index (χ1n) is 10.3. The monoisotopic (exact) mass is 459 g/mol. The minimum Gasteiger partial charge on any atom is -0.465 e. The molecular weight excluding hydrogens is 434 g/mol. The second kappa shape index (κ2) is 8.75. The second-order valence-corrected chi connectivity index (χ2v) is 9.62. The lowest BCUT2D eigenvalue weighted by Crippen LogP contribution is -2.50. The molecule has 3 aromatic rings. The quantitative estimate of drug-likeness (QED) is 0.572. The molecule has 0 aliphatic carbocycles. The van der Waals surface area contributed by atoms with Crippen molar-refractivity contribution in [3.8, 4) is 0 Å². The van der Waals surface area contributed by atoms with Gasteiger partial charge in [-0.05, 0) is 38.0 Å². The molecule has 1 unspecified atom stereocenters. The van der Waals surface area contributed by atoms with Crippen LogP contribution < -0.4 is 4.90 Å². The zero-order chi connectivity index (χ0) is 22.9. The van der Waals surface area contributed by atoms with Crippen molar-refractivity contribution in [3.05, 3.63) is 48.4 Å². The first-order valence-corrected chi connectivity index (χ1v) is 11.8. The van der Waals surface area contributed by atoms with Gasteiger partial charge in [0.05, 0.1) is 16.9 Å². The largest absolute Gasteiger partial charge is 0.465 e. The first kappa shape index (κ1) is 22.0. The summed E-state index contributed by atoms with van der Waals surface area (Å²) >= 11 is 0. The number of rotatable bonds is 6. The maximum atomic E-state index is 13.2. The van der Waals surface area contributed by atoms with Crippen LogP contribution in [0, 0.1) is 6.92 Å². The minimum absolute atomic E-state index is 0.150. The Labute approximate surface area is 185 Å². The highest BCUT2D eigenvalue weighted by atomic mass is 32.2. The SMILES string of the molecule is Cc1ccc(S(=O)(=O)n2ccc3c(N(CCO)C4CCCN(C(=O)O)C4)ncnc32)cc1. The molecule has 0 bridgehead atoms. The minimum atomic E-state index is -3.87. The fourth-order valence-electron chi connectivity index (χ4n) is 4.11. The van der Waals surface area contributed by atoms with Gasteiger partial charge in [-0.25, -0.2) is 27.2 Å². The summed E-state index contributed by atoms with van der Waals surface area (Å²) in [4.78, 5) is 23.4. The van der Waals surface area contributed by atoms with Gasteiger partial charge in [-0.1, -0.05) is 17.7 Å². The normalized spacial score (nSPS) is 16.9. The third-order valence-corrected chi connectivity index (χ3v) is 7.41. The van der Waals surface area contributed by atoms with E-state index in [2.05, 4.69) is 9.97 Å². The Kier molecular flexibility index (Phi) is 6.02. The van der Waals surface area contributed by atoms with E-state index >= 15 is 0 Å². The molecule has 4 rings (SSSR count). The average Bonchev–Trinajstić information content (AvgIpc) is 3.23. The van der Waals surface area contributed by atoms with Crippen molar-refractivity contribution < 1.29 is 23.4 Å². The number of hydrogen-bond donors (Lipinski definition) is 2. The van der Waals surface area contributed by atoms with Gasteiger partial charge in [0.25, 0.3) is 10.0 Å². The number of nitrogens with zero attached hydrogens (tertiary/aromatic N) is 5. The summed E-state index contributed by atoms with van der Waals surface area (Å²) < 4.78 is 27.6. The van der Waals surface area contributed by atoms with Crippen LogP contribution in [0.2, 0.25) is 0 Å². The van der Waals surface area contributed by atoms with Crippen LogP contribution in [-0.4, -0.2) is 75.8 Å².